The SMILES string of the molecule is O=C(NNC(=O)C(F)F)c1ccc(CN2C(=O)CN(c3ccccc3)C2=O)c(F)c1. The molecule has 0 atom stereocenters. The lowest BCUT2D eigenvalue weighted by Gasteiger charge is -2.17. The van der Waals surface area contributed by atoms with Crippen LogP contribution in [0, 0.1) is 5.82 Å². The first-order valence-corrected chi connectivity index (χ1v) is 8.61. The minimum atomic E-state index is -3.32. The third-order valence-electron chi connectivity index (χ3n) is 4.27. The number of hydrogen-bond acceptors (Lipinski definition) is 4. The summed E-state index contributed by atoms with van der Waals surface area (Å²) in [5.41, 5.74) is 3.46. The molecule has 0 spiro atoms. The summed E-state index contributed by atoms with van der Waals surface area (Å²) in [5, 5.41) is 0. The molecular formula is C19H15F3N4O4. The number of halogens is 3. The molecule has 11 heteroatoms. The predicted octanol–water partition coefficient (Wildman–Crippen LogP) is 1.82. The van der Waals surface area contributed by atoms with Crippen molar-refractivity contribution in [2.24, 2.45) is 0 Å². The molecule has 2 aromatic carbocycles. The van der Waals surface area contributed by atoms with Gasteiger partial charge in [-0.25, -0.2) is 9.18 Å². The molecule has 1 aliphatic rings. The number of carbonyl (C=O) groups excluding carboxylic acids is 4. The van der Waals surface area contributed by atoms with E-state index in [-0.39, 0.29) is 24.2 Å². The standard InChI is InChI=1S/C19H15F3N4O4/c20-14-8-11(17(28)23-24-18(29)16(21)22)6-7-12(14)9-26-15(27)10-25(19(26)30)13-4-2-1-3-5-13/h1-8,16H,9-10H2,(H,23,28)(H,24,29). The maximum Gasteiger partial charge on any atom is 0.332 e. The molecule has 3 rings (SSSR count). The van der Waals surface area contributed by atoms with E-state index in [9.17, 15) is 32.3 Å². The maximum atomic E-state index is 14.4. The zero-order valence-corrected chi connectivity index (χ0v) is 15.3. The third-order valence-corrected chi connectivity index (χ3v) is 4.27. The number of rotatable bonds is 5. The average molecular weight is 420 g/mol. The van der Waals surface area contributed by atoms with Crippen molar-refractivity contribution in [3.63, 3.8) is 0 Å². The normalized spacial score (nSPS) is 13.7. The highest BCUT2D eigenvalue weighted by Gasteiger charge is 2.37. The molecule has 0 saturated carbocycles. The predicted molar refractivity (Wildman–Crippen MR) is 97.7 cm³/mol. The fourth-order valence-electron chi connectivity index (χ4n) is 2.74. The molecule has 2 aromatic rings. The second-order valence-electron chi connectivity index (χ2n) is 6.23. The smallest absolute Gasteiger partial charge is 0.285 e. The first-order valence-electron chi connectivity index (χ1n) is 8.61. The van der Waals surface area contributed by atoms with Crippen molar-refractivity contribution >= 4 is 29.4 Å². The van der Waals surface area contributed by atoms with Crippen molar-refractivity contribution in [1.29, 1.82) is 0 Å². The minimum Gasteiger partial charge on any atom is -0.285 e. The van der Waals surface area contributed by atoms with Crippen molar-refractivity contribution in [3.05, 3.63) is 65.5 Å². The van der Waals surface area contributed by atoms with E-state index in [1.807, 2.05) is 0 Å². The number of benzene rings is 2. The number of carbonyl (C=O) groups is 4. The van der Waals surface area contributed by atoms with Gasteiger partial charge in [0, 0.05) is 16.8 Å². The summed E-state index contributed by atoms with van der Waals surface area (Å²) in [6.07, 6.45) is -3.32. The molecule has 156 valence electrons. The molecule has 8 nitrogen and oxygen atoms in total. The van der Waals surface area contributed by atoms with Crippen LogP contribution in [0.3, 0.4) is 0 Å². The summed E-state index contributed by atoms with van der Waals surface area (Å²) in [6.45, 7) is -0.536. The highest BCUT2D eigenvalue weighted by Crippen LogP contribution is 2.23. The molecule has 1 heterocycles. The Bertz CT molecular complexity index is 1000. The quantitative estimate of drug-likeness (QED) is 0.570. The molecule has 1 aliphatic heterocycles. The van der Waals surface area contributed by atoms with Crippen LogP contribution in [0.2, 0.25) is 0 Å². The van der Waals surface area contributed by atoms with Gasteiger partial charge in [-0.05, 0) is 24.3 Å². The highest BCUT2D eigenvalue weighted by molar-refractivity contribution is 6.12. The monoisotopic (exact) mass is 420 g/mol. The molecule has 5 amide bonds. The van der Waals surface area contributed by atoms with Crippen LogP contribution in [0.15, 0.2) is 48.5 Å². The second-order valence-corrected chi connectivity index (χ2v) is 6.23. The number of hydrogen-bond donors (Lipinski definition) is 2. The molecule has 2 N–H and O–H groups in total. The summed E-state index contributed by atoms with van der Waals surface area (Å²) in [5.74, 6) is -4.13. The van der Waals surface area contributed by atoms with E-state index >= 15 is 0 Å². The van der Waals surface area contributed by atoms with Gasteiger partial charge in [0.2, 0.25) is 0 Å². The van der Waals surface area contributed by atoms with Gasteiger partial charge in [-0.3, -0.25) is 35.0 Å². The highest BCUT2D eigenvalue weighted by atomic mass is 19.3. The average Bonchev–Trinajstić information content (AvgIpc) is 3.01. The molecule has 30 heavy (non-hydrogen) atoms. The lowest BCUT2D eigenvalue weighted by Crippen LogP contribution is -2.44. The summed E-state index contributed by atoms with van der Waals surface area (Å²) in [6, 6.07) is 11.1. The Morgan fingerprint density at radius 1 is 1.03 bits per heavy atom. The van der Waals surface area contributed by atoms with Crippen LogP contribution < -0.4 is 15.8 Å². The fourth-order valence-corrected chi connectivity index (χ4v) is 2.74. The van der Waals surface area contributed by atoms with Crippen LogP contribution in [-0.4, -0.2) is 41.6 Å². The number of alkyl halides is 2. The van der Waals surface area contributed by atoms with Crippen LogP contribution in [0.5, 0.6) is 0 Å². The lowest BCUT2D eigenvalue weighted by atomic mass is 10.1. The Hall–Kier alpha value is -3.89. The number of para-hydroxylation sites is 1. The van der Waals surface area contributed by atoms with Crippen LogP contribution in [0.1, 0.15) is 15.9 Å². The van der Waals surface area contributed by atoms with Crippen molar-refractivity contribution in [2.75, 3.05) is 11.4 Å². The molecule has 0 aromatic heterocycles. The Kier molecular flexibility index (Phi) is 6.00. The Balaban J connectivity index is 1.69. The van der Waals surface area contributed by atoms with Gasteiger partial charge in [0.1, 0.15) is 12.4 Å². The number of imide groups is 1. The number of anilines is 1. The van der Waals surface area contributed by atoms with Gasteiger partial charge in [-0.15, -0.1) is 0 Å². The van der Waals surface area contributed by atoms with Gasteiger partial charge in [0.25, 0.3) is 11.8 Å². The second kappa shape index (κ2) is 8.64. The Morgan fingerprint density at radius 2 is 1.73 bits per heavy atom. The van der Waals surface area contributed by atoms with Crippen molar-refractivity contribution in [3.8, 4) is 0 Å². The minimum absolute atomic E-state index is 0.0280. The van der Waals surface area contributed by atoms with E-state index in [2.05, 4.69) is 0 Å². The van der Waals surface area contributed by atoms with E-state index in [4.69, 9.17) is 0 Å². The third kappa shape index (κ3) is 4.40. The van der Waals surface area contributed by atoms with Crippen LogP contribution in [0.4, 0.5) is 23.7 Å². The Labute approximate surface area is 168 Å². The van der Waals surface area contributed by atoms with Gasteiger partial charge >= 0.3 is 18.4 Å². The fraction of sp³-hybridized carbons (Fsp3) is 0.158. The van der Waals surface area contributed by atoms with E-state index in [0.29, 0.717) is 5.69 Å². The van der Waals surface area contributed by atoms with E-state index in [1.54, 1.807) is 35.8 Å². The first-order chi connectivity index (χ1) is 14.3. The van der Waals surface area contributed by atoms with Gasteiger partial charge in [0.15, 0.2) is 0 Å². The van der Waals surface area contributed by atoms with Gasteiger partial charge in [-0.2, -0.15) is 8.78 Å². The molecule has 0 radical (unpaired) electrons. The van der Waals surface area contributed by atoms with Gasteiger partial charge in [-0.1, -0.05) is 24.3 Å². The van der Waals surface area contributed by atoms with E-state index < -0.39 is 36.0 Å². The van der Waals surface area contributed by atoms with Gasteiger partial charge < -0.3 is 0 Å². The van der Waals surface area contributed by atoms with E-state index in [0.717, 1.165) is 11.0 Å². The number of urea groups is 1. The molecule has 0 unspecified atom stereocenters. The van der Waals surface area contributed by atoms with Crippen LogP contribution in [-0.2, 0) is 16.1 Å². The number of nitrogens with zero attached hydrogens (tertiary/aromatic N) is 2. The number of nitrogens with one attached hydrogen (secondary N) is 2. The van der Waals surface area contributed by atoms with E-state index in [1.165, 1.54) is 22.5 Å². The topological polar surface area (TPSA) is 98.8 Å². The van der Waals surface area contributed by atoms with Crippen LogP contribution >= 0.6 is 0 Å². The summed E-state index contributed by atoms with van der Waals surface area (Å²) >= 11 is 0. The number of hydrazine groups is 1. The first kappa shape index (κ1) is 20.8. The molecule has 1 saturated heterocycles. The molecular weight excluding hydrogens is 405 g/mol. The van der Waals surface area contributed by atoms with Crippen molar-refractivity contribution in [1.82, 2.24) is 15.8 Å². The largest absolute Gasteiger partial charge is 0.332 e. The zero-order valence-electron chi connectivity index (χ0n) is 15.3. The molecule has 0 bridgehead atoms. The van der Waals surface area contributed by atoms with Crippen LogP contribution in [0.25, 0.3) is 0 Å². The lowest BCUT2D eigenvalue weighted by molar-refractivity contribution is -0.132. The molecule has 0 aliphatic carbocycles. The zero-order chi connectivity index (χ0) is 21.8. The van der Waals surface area contributed by atoms with Gasteiger partial charge in [0.05, 0.1) is 6.54 Å². The summed E-state index contributed by atoms with van der Waals surface area (Å²) < 4.78 is 38.6. The van der Waals surface area contributed by atoms with Crippen molar-refractivity contribution in [2.45, 2.75) is 13.0 Å². The summed E-state index contributed by atoms with van der Waals surface area (Å²) in [4.78, 5) is 49.5. The van der Waals surface area contributed by atoms with Crippen molar-refractivity contribution < 1.29 is 32.3 Å². The summed E-state index contributed by atoms with van der Waals surface area (Å²) in [7, 11) is 0. The molecule has 1 fully saturated rings. The maximum absolute atomic E-state index is 14.4. The number of amides is 5. The Morgan fingerprint density at radius 3 is 2.37 bits per heavy atom.